The third kappa shape index (κ3) is 2.57. The molecule has 1 unspecified atom stereocenters. The van der Waals surface area contributed by atoms with Crippen molar-refractivity contribution < 1.29 is 14.8 Å². The van der Waals surface area contributed by atoms with Crippen LogP contribution in [0.2, 0.25) is 0 Å². The monoisotopic (exact) mass is 296 g/mol. The van der Waals surface area contributed by atoms with Crippen LogP contribution in [0.4, 0.5) is 11.5 Å². The van der Waals surface area contributed by atoms with Gasteiger partial charge in [0.05, 0.1) is 4.92 Å². The predicted molar refractivity (Wildman–Crippen MR) is 76.3 cm³/mol. The summed E-state index contributed by atoms with van der Waals surface area (Å²) in [6, 6.07) is 0. The molecule has 1 aliphatic rings. The zero-order chi connectivity index (χ0) is 15.9. The van der Waals surface area contributed by atoms with Crippen molar-refractivity contribution in [3.8, 4) is 0 Å². The summed E-state index contributed by atoms with van der Waals surface area (Å²) >= 11 is 0. The first-order chi connectivity index (χ1) is 9.68. The Bertz CT molecular complexity index is 591. The van der Waals surface area contributed by atoms with Gasteiger partial charge in [-0.3, -0.25) is 10.1 Å². The van der Waals surface area contributed by atoms with Gasteiger partial charge in [-0.25, -0.2) is 9.48 Å². The lowest BCUT2D eigenvalue weighted by Gasteiger charge is -2.26. The minimum atomic E-state index is -1.22. The van der Waals surface area contributed by atoms with Crippen molar-refractivity contribution in [1.29, 1.82) is 0 Å². The highest BCUT2D eigenvalue weighted by Gasteiger charge is 2.49. The molecule has 0 aliphatic heterocycles. The van der Waals surface area contributed by atoms with Crippen LogP contribution in [-0.2, 0) is 11.8 Å². The first kappa shape index (κ1) is 15.3. The lowest BCUT2D eigenvalue weighted by Crippen LogP contribution is -2.46. The minimum Gasteiger partial charge on any atom is -0.480 e. The summed E-state index contributed by atoms with van der Waals surface area (Å²) in [6.07, 6.45) is 1.61. The topological polar surface area (TPSA) is 110 Å². The summed E-state index contributed by atoms with van der Waals surface area (Å²) in [7, 11) is 1.58. The molecular weight excluding hydrogens is 276 g/mol. The van der Waals surface area contributed by atoms with Crippen molar-refractivity contribution in [2.24, 2.45) is 13.0 Å². The summed E-state index contributed by atoms with van der Waals surface area (Å²) < 4.78 is 1.36. The van der Waals surface area contributed by atoms with Gasteiger partial charge in [-0.05, 0) is 25.7 Å². The highest BCUT2D eigenvalue weighted by Crippen LogP contribution is 2.43. The molecule has 0 aromatic carbocycles. The van der Waals surface area contributed by atoms with E-state index in [0.717, 1.165) is 12.8 Å². The van der Waals surface area contributed by atoms with Gasteiger partial charge in [-0.15, -0.1) is 0 Å². The summed E-state index contributed by atoms with van der Waals surface area (Å²) in [5.41, 5.74) is -0.999. The number of aromatic nitrogens is 2. The molecule has 2 N–H and O–H groups in total. The van der Waals surface area contributed by atoms with E-state index in [4.69, 9.17) is 0 Å². The molecule has 2 rings (SSSR count). The van der Waals surface area contributed by atoms with Gasteiger partial charge in [0.25, 0.3) is 0 Å². The van der Waals surface area contributed by atoms with Crippen LogP contribution in [0, 0.1) is 16.0 Å². The number of carbonyl (C=O) groups is 1. The molecule has 1 fully saturated rings. The van der Waals surface area contributed by atoms with Crippen LogP contribution in [-0.4, -0.2) is 31.3 Å². The molecule has 0 spiro atoms. The first-order valence-corrected chi connectivity index (χ1v) is 6.91. The third-order valence-electron chi connectivity index (χ3n) is 3.99. The molecule has 8 nitrogen and oxygen atoms in total. The normalized spacial score (nSPS) is 17.6. The van der Waals surface area contributed by atoms with E-state index in [9.17, 15) is 20.0 Å². The van der Waals surface area contributed by atoms with Gasteiger partial charge in [-0.2, -0.15) is 5.10 Å². The second-order valence-corrected chi connectivity index (χ2v) is 6.02. The van der Waals surface area contributed by atoms with Crippen LogP contribution in [0.3, 0.4) is 0 Å². The molecule has 1 heterocycles. The number of nitrogens with zero attached hydrogens (tertiary/aromatic N) is 3. The third-order valence-corrected chi connectivity index (χ3v) is 3.99. The molecule has 1 aromatic rings. The number of aliphatic carboxylic acids is 1. The zero-order valence-electron chi connectivity index (χ0n) is 12.6. The second kappa shape index (κ2) is 5.01. The van der Waals surface area contributed by atoms with Gasteiger partial charge in [0.15, 0.2) is 0 Å². The standard InChI is InChI=1S/C13H20N4O4/c1-7(2)9-10(17(20)21)11(16(4)15-9)14-13(3,12(18)19)8-5-6-8/h7-8,14H,5-6H2,1-4H3,(H,18,19). The Hall–Kier alpha value is -2.12. The molecule has 0 radical (unpaired) electrons. The van der Waals surface area contributed by atoms with E-state index in [2.05, 4.69) is 10.4 Å². The Morgan fingerprint density at radius 3 is 2.52 bits per heavy atom. The second-order valence-electron chi connectivity index (χ2n) is 6.02. The molecule has 0 saturated heterocycles. The first-order valence-electron chi connectivity index (χ1n) is 6.91. The lowest BCUT2D eigenvalue weighted by atomic mass is 9.96. The maximum absolute atomic E-state index is 11.6. The van der Waals surface area contributed by atoms with E-state index in [0.29, 0.717) is 5.69 Å². The number of carboxylic acid groups (broad SMARTS) is 1. The highest BCUT2D eigenvalue weighted by atomic mass is 16.6. The van der Waals surface area contributed by atoms with Gasteiger partial charge < -0.3 is 10.4 Å². The predicted octanol–water partition coefficient (Wildman–Crippen LogP) is 2.12. The molecule has 8 heteroatoms. The van der Waals surface area contributed by atoms with Gasteiger partial charge in [0.2, 0.25) is 5.82 Å². The largest absolute Gasteiger partial charge is 0.480 e. The van der Waals surface area contributed by atoms with Crippen molar-refractivity contribution >= 4 is 17.5 Å². The van der Waals surface area contributed by atoms with Crippen molar-refractivity contribution in [3.63, 3.8) is 0 Å². The van der Waals surface area contributed by atoms with Crippen LogP contribution in [0.1, 0.15) is 45.2 Å². The fraction of sp³-hybridized carbons (Fsp3) is 0.692. The van der Waals surface area contributed by atoms with E-state index in [1.165, 1.54) is 4.68 Å². The Morgan fingerprint density at radius 1 is 1.57 bits per heavy atom. The Balaban J connectivity index is 2.48. The quantitative estimate of drug-likeness (QED) is 0.614. The highest BCUT2D eigenvalue weighted by molar-refractivity contribution is 5.84. The van der Waals surface area contributed by atoms with Gasteiger partial charge in [0, 0.05) is 13.0 Å². The van der Waals surface area contributed by atoms with Crippen LogP contribution in [0.25, 0.3) is 0 Å². The number of hydrogen-bond donors (Lipinski definition) is 2. The number of aryl methyl sites for hydroxylation is 1. The molecule has 1 aromatic heterocycles. The van der Waals surface area contributed by atoms with E-state index in [-0.39, 0.29) is 23.3 Å². The molecule has 21 heavy (non-hydrogen) atoms. The van der Waals surface area contributed by atoms with Gasteiger partial charge in [0.1, 0.15) is 11.2 Å². The summed E-state index contributed by atoms with van der Waals surface area (Å²) in [4.78, 5) is 22.4. The zero-order valence-corrected chi connectivity index (χ0v) is 12.6. The smallest absolute Gasteiger partial charge is 0.334 e. The SMILES string of the molecule is CC(C)c1nn(C)c(NC(C)(C(=O)O)C2CC2)c1[N+](=O)[O-]. The molecule has 0 bridgehead atoms. The van der Waals surface area contributed by atoms with Crippen LogP contribution >= 0.6 is 0 Å². The maximum Gasteiger partial charge on any atom is 0.334 e. The molecule has 1 saturated carbocycles. The van der Waals surface area contributed by atoms with E-state index >= 15 is 0 Å². The Morgan fingerprint density at radius 2 is 2.14 bits per heavy atom. The van der Waals surface area contributed by atoms with Gasteiger partial charge in [-0.1, -0.05) is 13.8 Å². The average Bonchev–Trinajstić information content (AvgIpc) is 3.15. The van der Waals surface area contributed by atoms with E-state index in [1.807, 2.05) is 13.8 Å². The van der Waals surface area contributed by atoms with Gasteiger partial charge >= 0.3 is 11.7 Å². The average molecular weight is 296 g/mol. The molecular formula is C13H20N4O4. The molecule has 116 valence electrons. The number of anilines is 1. The lowest BCUT2D eigenvalue weighted by molar-refractivity contribution is -0.384. The van der Waals surface area contributed by atoms with E-state index < -0.39 is 16.4 Å². The molecule has 0 amide bonds. The van der Waals surface area contributed by atoms with E-state index in [1.54, 1.807) is 14.0 Å². The van der Waals surface area contributed by atoms with Crippen molar-refractivity contribution in [2.45, 2.75) is 45.1 Å². The maximum atomic E-state index is 11.6. The number of rotatable bonds is 6. The number of carboxylic acids is 1. The number of nitro groups is 1. The summed E-state index contributed by atoms with van der Waals surface area (Å²) in [5.74, 6) is -0.997. The van der Waals surface area contributed by atoms with Crippen molar-refractivity contribution in [3.05, 3.63) is 15.8 Å². The fourth-order valence-electron chi connectivity index (χ4n) is 2.48. The van der Waals surface area contributed by atoms with Crippen LogP contribution in [0.15, 0.2) is 0 Å². The molecule has 1 aliphatic carbocycles. The van der Waals surface area contributed by atoms with Crippen LogP contribution in [0.5, 0.6) is 0 Å². The number of nitrogens with one attached hydrogen (secondary N) is 1. The summed E-state index contributed by atoms with van der Waals surface area (Å²) in [5, 5.41) is 27.9. The molecule has 1 atom stereocenters. The summed E-state index contributed by atoms with van der Waals surface area (Å²) in [6.45, 7) is 5.20. The van der Waals surface area contributed by atoms with Crippen LogP contribution < -0.4 is 5.32 Å². The minimum absolute atomic E-state index is 0.0213. The Kier molecular flexibility index (Phi) is 3.65. The Labute approximate surface area is 122 Å². The fourth-order valence-corrected chi connectivity index (χ4v) is 2.48. The van der Waals surface area contributed by atoms with Crippen molar-refractivity contribution in [2.75, 3.05) is 5.32 Å². The number of hydrogen-bond acceptors (Lipinski definition) is 5. The van der Waals surface area contributed by atoms with Crippen molar-refractivity contribution in [1.82, 2.24) is 9.78 Å².